The Labute approximate surface area is 257 Å². The third-order valence-corrected chi connectivity index (χ3v) is 7.70. The molecular weight excluding hydrogens is 598 g/mol. The fourth-order valence-corrected chi connectivity index (χ4v) is 5.46. The molecule has 0 saturated carbocycles. The second-order valence-electron chi connectivity index (χ2n) is 9.57. The number of esters is 2. The van der Waals surface area contributed by atoms with E-state index in [0.29, 0.717) is 30.3 Å². The molecule has 1 aliphatic rings. The summed E-state index contributed by atoms with van der Waals surface area (Å²) in [6.45, 7) is 4.17. The van der Waals surface area contributed by atoms with Crippen LogP contribution in [0.15, 0.2) is 54.2 Å². The highest BCUT2D eigenvalue weighted by Gasteiger charge is 2.42. The van der Waals surface area contributed by atoms with Gasteiger partial charge in [0, 0.05) is 70.8 Å². The van der Waals surface area contributed by atoms with E-state index >= 15 is 0 Å². The number of aromatic nitrogens is 2. The first-order valence-corrected chi connectivity index (χ1v) is 14.8. The maximum Gasteiger partial charge on any atom is 0.303 e. The van der Waals surface area contributed by atoms with E-state index in [0.717, 1.165) is 30.2 Å². The van der Waals surface area contributed by atoms with Gasteiger partial charge in [-0.1, -0.05) is 23.7 Å². The van der Waals surface area contributed by atoms with Gasteiger partial charge in [0.1, 0.15) is 12.4 Å². The molecule has 2 atom stereocenters. The first-order chi connectivity index (χ1) is 20.7. The van der Waals surface area contributed by atoms with Crippen molar-refractivity contribution in [2.75, 3.05) is 37.6 Å². The van der Waals surface area contributed by atoms with Crippen LogP contribution in [-0.4, -0.2) is 83.6 Å². The number of thiazole rings is 1. The van der Waals surface area contributed by atoms with Gasteiger partial charge in [0.2, 0.25) is 12.2 Å². The molecule has 43 heavy (non-hydrogen) atoms. The number of piperazine rings is 1. The van der Waals surface area contributed by atoms with Crippen LogP contribution in [0.1, 0.15) is 24.5 Å². The van der Waals surface area contributed by atoms with Crippen molar-refractivity contribution >= 4 is 52.4 Å². The lowest BCUT2D eigenvalue weighted by atomic mass is 10.1. The molecule has 3 heterocycles. The normalized spacial score (nSPS) is 14.4. The van der Waals surface area contributed by atoms with Crippen molar-refractivity contribution in [2.24, 2.45) is 0 Å². The molecule has 14 heteroatoms. The van der Waals surface area contributed by atoms with Crippen LogP contribution < -0.4 is 15.0 Å². The predicted molar refractivity (Wildman–Crippen MR) is 159 cm³/mol. The summed E-state index contributed by atoms with van der Waals surface area (Å²) in [5.41, 5.74) is 1.58. The molecule has 0 aliphatic carbocycles. The van der Waals surface area contributed by atoms with E-state index < -0.39 is 36.0 Å². The molecule has 0 radical (unpaired) electrons. The van der Waals surface area contributed by atoms with E-state index in [1.165, 1.54) is 16.2 Å². The maximum absolute atomic E-state index is 13.5. The number of benzene rings is 1. The first-order valence-electron chi connectivity index (χ1n) is 13.6. The summed E-state index contributed by atoms with van der Waals surface area (Å²) >= 11 is 7.74. The van der Waals surface area contributed by atoms with Crippen LogP contribution >= 0.6 is 22.9 Å². The topological polar surface area (TPSA) is 140 Å². The van der Waals surface area contributed by atoms with Gasteiger partial charge >= 0.3 is 11.9 Å². The van der Waals surface area contributed by atoms with Crippen LogP contribution in [0, 0.1) is 0 Å². The first kappa shape index (κ1) is 31.7. The number of anilines is 1. The van der Waals surface area contributed by atoms with E-state index in [1.54, 1.807) is 30.6 Å². The lowest BCUT2D eigenvalue weighted by Gasteiger charge is -2.38. The quantitative estimate of drug-likeness (QED) is 0.297. The van der Waals surface area contributed by atoms with Crippen LogP contribution in [-0.2, 0) is 41.7 Å². The number of nitrogens with zero attached hydrogens (tertiary/aromatic N) is 4. The number of pyridine rings is 1. The molecule has 1 N–H and O–H groups in total. The third-order valence-electron chi connectivity index (χ3n) is 6.42. The number of ether oxygens (including phenoxy) is 3. The lowest BCUT2D eigenvalue weighted by molar-refractivity contribution is -0.178. The molecule has 1 saturated heterocycles. The van der Waals surface area contributed by atoms with Gasteiger partial charge in [-0.3, -0.25) is 24.2 Å². The largest absolute Gasteiger partial charge is 0.487 e. The minimum absolute atomic E-state index is 0.145. The summed E-state index contributed by atoms with van der Waals surface area (Å²) in [4.78, 5) is 62.6. The van der Waals surface area contributed by atoms with E-state index in [-0.39, 0.29) is 26.2 Å². The van der Waals surface area contributed by atoms with Gasteiger partial charge in [-0.2, -0.15) is 0 Å². The van der Waals surface area contributed by atoms with Crippen LogP contribution in [0.4, 0.5) is 5.69 Å². The highest BCUT2D eigenvalue weighted by molar-refractivity contribution is 7.09. The molecule has 0 bridgehead atoms. The van der Waals surface area contributed by atoms with Gasteiger partial charge in [0.25, 0.3) is 11.8 Å². The van der Waals surface area contributed by atoms with E-state index in [9.17, 15) is 19.2 Å². The molecule has 12 nitrogen and oxygen atoms in total. The minimum atomic E-state index is -1.67. The van der Waals surface area contributed by atoms with Crippen LogP contribution in [0.5, 0.6) is 5.75 Å². The summed E-state index contributed by atoms with van der Waals surface area (Å²) in [7, 11) is 0. The van der Waals surface area contributed by atoms with Gasteiger partial charge < -0.3 is 29.3 Å². The zero-order valence-electron chi connectivity index (χ0n) is 23.7. The Kier molecular flexibility index (Phi) is 11.3. The van der Waals surface area contributed by atoms with Crippen molar-refractivity contribution in [1.29, 1.82) is 0 Å². The summed E-state index contributed by atoms with van der Waals surface area (Å²) in [5.74, 6) is -2.31. The average molecular weight is 630 g/mol. The van der Waals surface area contributed by atoms with Crippen molar-refractivity contribution in [1.82, 2.24) is 20.2 Å². The van der Waals surface area contributed by atoms with Crippen LogP contribution in [0.2, 0.25) is 5.02 Å². The van der Waals surface area contributed by atoms with Crippen molar-refractivity contribution in [3.05, 3.63) is 69.9 Å². The van der Waals surface area contributed by atoms with Gasteiger partial charge in [0.05, 0.1) is 21.4 Å². The Hall–Kier alpha value is -4.23. The van der Waals surface area contributed by atoms with Crippen molar-refractivity contribution in [3.63, 3.8) is 0 Å². The number of carbonyl (C=O) groups is 4. The second kappa shape index (κ2) is 15.3. The monoisotopic (exact) mass is 629 g/mol. The number of rotatable bonds is 12. The molecule has 2 amide bonds. The van der Waals surface area contributed by atoms with Crippen LogP contribution in [0.3, 0.4) is 0 Å². The molecule has 1 fully saturated rings. The fraction of sp³-hybridized carbons (Fsp3) is 0.379. The summed E-state index contributed by atoms with van der Waals surface area (Å²) in [6.07, 6.45) is 0.334. The maximum atomic E-state index is 13.5. The smallest absolute Gasteiger partial charge is 0.303 e. The molecule has 1 aromatic carbocycles. The van der Waals surface area contributed by atoms with Gasteiger partial charge in [-0.05, 0) is 24.3 Å². The number of halogens is 1. The number of hydrogen-bond donors (Lipinski definition) is 1. The standard InChI is InChI=1S/C29H32ClN5O7S/c1-19(36)41-26(28(38)32-12-9-25-33-21(18-43-25)17-40-22-7-10-31-11-8-22)27(42-20(2)37)29(39)35-15-13-34(14-16-35)24-6-4-3-5-23(24)30/h3-8,10-11,18,26-27H,9,12-17H2,1-2H3,(H,32,38)/t26-,27-/m1/s1. The Morgan fingerprint density at radius 1 is 0.977 bits per heavy atom. The van der Waals surface area contributed by atoms with E-state index in [1.807, 2.05) is 28.5 Å². The number of para-hydroxylation sites is 1. The lowest BCUT2D eigenvalue weighted by Crippen LogP contribution is -2.57. The van der Waals surface area contributed by atoms with Gasteiger partial charge in [-0.15, -0.1) is 11.3 Å². The third kappa shape index (κ3) is 9.13. The van der Waals surface area contributed by atoms with Crippen molar-refractivity contribution < 1.29 is 33.4 Å². The Balaban J connectivity index is 1.35. The van der Waals surface area contributed by atoms with E-state index in [4.69, 9.17) is 25.8 Å². The van der Waals surface area contributed by atoms with Gasteiger partial charge in [0.15, 0.2) is 0 Å². The van der Waals surface area contributed by atoms with Gasteiger partial charge in [-0.25, -0.2) is 4.98 Å². The fourth-order valence-electron chi connectivity index (χ4n) is 4.42. The minimum Gasteiger partial charge on any atom is -0.487 e. The number of carbonyl (C=O) groups excluding carboxylic acids is 4. The molecule has 0 unspecified atom stereocenters. The zero-order valence-corrected chi connectivity index (χ0v) is 25.3. The summed E-state index contributed by atoms with van der Waals surface area (Å²) in [5, 5.41) is 5.89. The molecular formula is C29H32ClN5O7S. The second-order valence-corrected chi connectivity index (χ2v) is 10.9. The zero-order chi connectivity index (χ0) is 30.8. The highest BCUT2D eigenvalue weighted by atomic mass is 35.5. The Bertz CT molecular complexity index is 1410. The number of nitrogens with one attached hydrogen (secondary N) is 1. The number of hydrogen-bond acceptors (Lipinski definition) is 11. The Morgan fingerprint density at radius 2 is 1.65 bits per heavy atom. The number of amides is 2. The predicted octanol–water partition coefficient (Wildman–Crippen LogP) is 2.64. The molecule has 2 aromatic heterocycles. The van der Waals surface area contributed by atoms with Crippen molar-refractivity contribution in [2.45, 2.75) is 39.1 Å². The molecule has 0 spiro atoms. The van der Waals surface area contributed by atoms with Crippen molar-refractivity contribution in [3.8, 4) is 5.75 Å². The average Bonchev–Trinajstić information content (AvgIpc) is 3.45. The molecule has 4 rings (SSSR count). The molecule has 228 valence electrons. The molecule has 3 aromatic rings. The summed E-state index contributed by atoms with van der Waals surface area (Å²) in [6, 6.07) is 10.9. The van der Waals surface area contributed by atoms with E-state index in [2.05, 4.69) is 15.3 Å². The van der Waals surface area contributed by atoms with Crippen LogP contribution in [0.25, 0.3) is 0 Å². The Morgan fingerprint density at radius 3 is 2.33 bits per heavy atom. The molecule has 1 aliphatic heterocycles. The highest BCUT2D eigenvalue weighted by Crippen LogP contribution is 2.26. The summed E-state index contributed by atoms with van der Waals surface area (Å²) < 4.78 is 16.2. The SMILES string of the molecule is CC(=O)O[C@@H](C(=O)NCCc1nc(COc2ccncc2)cs1)[C@@H](OC(C)=O)C(=O)N1CCN(c2ccccc2Cl)CC1.